The highest BCUT2D eigenvalue weighted by Gasteiger charge is 2.23. The van der Waals surface area contributed by atoms with Gasteiger partial charge in [-0.25, -0.2) is 9.59 Å². The van der Waals surface area contributed by atoms with E-state index in [1.165, 1.54) is 0 Å². The minimum atomic E-state index is -1.16. The molecule has 2 heterocycles. The summed E-state index contributed by atoms with van der Waals surface area (Å²) in [5.74, 6) is -1.18. The first kappa shape index (κ1) is 11.6. The van der Waals surface area contributed by atoms with Crippen LogP contribution in [0.25, 0.3) is 10.2 Å². The Labute approximate surface area is 98.9 Å². The fraction of sp³-hybridized carbons (Fsp3) is 0.300. The van der Waals surface area contributed by atoms with Gasteiger partial charge in [-0.2, -0.15) is 0 Å². The molecule has 0 fully saturated rings. The molecule has 0 atom stereocenters. The van der Waals surface area contributed by atoms with Crippen molar-refractivity contribution in [3.8, 4) is 0 Å². The molecular weight excluding hydrogens is 244 g/mol. The zero-order valence-corrected chi connectivity index (χ0v) is 9.97. The van der Waals surface area contributed by atoms with E-state index in [4.69, 9.17) is 5.11 Å². The number of carboxylic acid groups (broad SMARTS) is 1. The molecular formula is C10H10N2O4S. The van der Waals surface area contributed by atoms with E-state index in [-0.39, 0.29) is 16.9 Å². The van der Waals surface area contributed by atoms with Crippen molar-refractivity contribution in [3.05, 3.63) is 31.3 Å². The number of hydrogen-bond acceptors (Lipinski definition) is 4. The third-order valence-corrected chi connectivity index (χ3v) is 3.76. The fourth-order valence-corrected chi connectivity index (χ4v) is 2.86. The summed E-state index contributed by atoms with van der Waals surface area (Å²) in [6, 6.07) is 0. The van der Waals surface area contributed by atoms with Gasteiger partial charge in [0.2, 0.25) is 0 Å². The number of carbonyl (C=O) groups is 1. The van der Waals surface area contributed by atoms with Gasteiger partial charge in [-0.1, -0.05) is 13.8 Å². The fourth-order valence-electron chi connectivity index (χ4n) is 1.67. The smallest absolute Gasteiger partial charge is 0.337 e. The number of nitrogens with one attached hydrogen (secondary N) is 2. The van der Waals surface area contributed by atoms with Crippen molar-refractivity contribution in [2.24, 2.45) is 0 Å². The Morgan fingerprint density at radius 2 is 1.94 bits per heavy atom. The number of aromatic carboxylic acids is 1. The molecule has 0 unspecified atom stereocenters. The number of aromatic amines is 2. The first-order valence-corrected chi connectivity index (χ1v) is 5.75. The van der Waals surface area contributed by atoms with Crippen LogP contribution in [0.2, 0.25) is 0 Å². The van der Waals surface area contributed by atoms with E-state index in [2.05, 4.69) is 4.98 Å². The second kappa shape index (κ2) is 3.85. The third kappa shape index (κ3) is 1.78. The molecule has 0 aliphatic heterocycles. The number of aromatic nitrogens is 2. The predicted octanol–water partition coefficient (Wildman–Crippen LogP) is 1.10. The zero-order valence-electron chi connectivity index (χ0n) is 9.16. The maximum absolute atomic E-state index is 11.6. The van der Waals surface area contributed by atoms with E-state index >= 15 is 0 Å². The van der Waals surface area contributed by atoms with Crippen LogP contribution in [0.4, 0.5) is 0 Å². The molecule has 0 aromatic carbocycles. The average Bonchev–Trinajstić information content (AvgIpc) is 2.56. The summed E-state index contributed by atoms with van der Waals surface area (Å²) in [7, 11) is 0. The first-order chi connectivity index (χ1) is 7.91. The Bertz CT molecular complexity index is 707. The molecule has 0 bridgehead atoms. The molecule has 0 aliphatic rings. The van der Waals surface area contributed by atoms with Gasteiger partial charge in [0, 0.05) is 4.88 Å². The van der Waals surface area contributed by atoms with Crippen molar-refractivity contribution in [3.63, 3.8) is 0 Å². The highest BCUT2D eigenvalue weighted by Crippen LogP contribution is 2.32. The van der Waals surface area contributed by atoms with E-state index in [9.17, 15) is 14.4 Å². The molecule has 2 aromatic rings. The van der Waals surface area contributed by atoms with Crippen LogP contribution in [0.15, 0.2) is 9.59 Å². The Morgan fingerprint density at radius 1 is 1.29 bits per heavy atom. The molecule has 2 rings (SSSR count). The maximum Gasteiger partial charge on any atom is 0.337 e. The van der Waals surface area contributed by atoms with Crippen molar-refractivity contribution < 1.29 is 9.90 Å². The van der Waals surface area contributed by atoms with Crippen molar-refractivity contribution in [1.29, 1.82) is 0 Å². The highest BCUT2D eigenvalue weighted by atomic mass is 32.1. The lowest BCUT2D eigenvalue weighted by atomic mass is 10.1. The van der Waals surface area contributed by atoms with Gasteiger partial charge in [0.25, 0.3) is 5.56 Å². The van der Waals surface area contributed by atoms with E-state index in [1.807, 2.05) is 18.8 Å². The van der Waals surface area contributed by atoms with Crippen LogP contribution >= 0.6 is 11.3 Å². The normalized spacial score (nSPS) is 11.2. The molecule has 0 aliphatic carbocycles. The zero-order chi connectivity index (χ0) is 12.7. The van der Waals surface area contributed by atoms with Gasteiger partial charge >= 0.3 is 11.7 Å². The summed E-state index contributed by atoms with van der Waals surface area (Å²) in [6.07, 6.45) is 0. The number of fused-ring (bicyclic) bond motifs is 1. The summed E-state index contributed by atoms with van der Waals surface area (Å²) in [4.78, 5) is 39.3. The van der Waals surface area contributed by atoms with Crippen LogP contribution in [-0.4, -0.2) is 21.0 Å². The maximum atomic E-state index is 11.6. The molecule has 0 spiro atoms. The summed E-state index contributed by atoms with van der Waals surface area (Å²) in [5, 5.41) is 9.20. The monoisotopic (exact) mass is 254 g/mol. The summed E-state index contributed by atoms with van der Waals surface area (Å²) >= 11 is 1.13. The second-order valence-corrected chi connectivity index (χ2v) is 4.97. The molecule has 0 amide bonds. The molecule has 0 saturated carbocycles. The Balaban J connectivity index is 3.01. The van der Waals surface area contributed by atoms with Crippen molar-refractivity contribution in [2.45, 2.75) is 19.8 Å². The van der Waals surface area contributed by atoms with Gasteiger partial charge in [0.05, 0.1) is 10.9 Å². The molecule has 17 heavy (non-hydrogen) atoms. The first-order valence-electron chi connectivity index (χ1n) is 4.94. The standard InChI is InChI=1S/C10H10N2O4S/c1-3(2)6-4(9(14)15)5-7(13)11-10(16)12-8(5)17-6/h3H,1-2H3,(H,14,15)(H2,11,12,13,16). The van der Waals surface area contributed by atoms with Crippen LogP contribution in [-0.2, 0) is 0 Å². The van der Waals surface area contributed by atoms with E-state index in [0.29, 0.717) is 9.71 Å². The molecule has 0 radical (unpaired) electrons. The Kier molecular flexibility index (Phi) is 2.62. The van der Waals surface area contributed by atoms with Gasteiger partial charge in [-0.3, -0.25) is 14.8 Å². The lowest BCUT2D eigenvalue weighted by Crippen LogP contribution is -2.22. The number of hydrogen-bond donors (Lipinski definition) is 3. The number of H-pyrrole nitrogens is 2. The average molecular weight is 254 g/mol. The van der Waals surface area contributed by atoms with Crippen LogP contribution in [0.5, 0.6) is 0 Å². The number of rotatable bonds is 2. The largest absolute Gasteiger partial charge is 0.478 e. The molecule has 7 heteroatoms. The molecule has 2 aromatic heterocycles. The summed E-state index contributed by atoms with van der Waals surface area (Å²) in [6.45, 7) is 3.67. The van der Waals surface area contributed by atoms with Gasteiger partial charge in [0.15, 0.2) is 0 Å². The van der Waals surface area contributed by atoms with Gasteiger partial charge in [-0.05, 0) is 5.92 Å². The lowest BCUT2D eigenvalue weighted by molar-refractivity contribution is 0.0698. The predicted molar refractivity (Wildman–Crippen MR) is 64.1 cm³/mol. The van der Waals surface area contributed by atoms with Crippen molar-refractivity contribution >= 4 is 27.5 Å². The Hall–Kier alpha value is -1.89. The number of thiophene rings is 1. The van der Waals surface area contributed by atoms with Crippen LogP contribution in [0, 0.1) is 0 Å². The summed E-state index contributed by atoms with van der Waals surface area (Å²) < 4.78 is 0. The van der Waals surface area contributed by atoms with Gasteiger partial charge in [-0.15, -0.1) is 11.3 Å². The number of carboxylic acids is 1. The van der Waals surface area contributed by atoms with E-state index < -0.39 is 17.2 Å². The lowest BCUT2D eigenvalue weighted by Gasteiger charge is -2.01. The third-order valence-electron chi connectivity index (χ3n) is 2.35. The quantitative estimate of drug-likeness (QED) is 0.746. The topological polar surface area (TPSA) is 103 Å². The van der Waals surface area contributed by atoms with Gasteiger partial charge < -0.3 is 5.11 Å². The second-order valence-electron chi connectivity index (χ2n) is 3.91. The SMILES string of the molecule is CC(C)c1sc2[nH]c(=O)[nH]c(=O)c2c1C(=O)O. The Morgan fingerprint density at radius 3 is 2.47 bits per heavy atom. The molecule has 6 nitrogen and oxygen atoms in total. The van der Waals surface area contributed by atoms with Crippen LogP contribution in [0.1, 0.15) is 35.0 Å². The highest BCUT2D eigenvalue weighted by molar-refractivity contribution is 7.19. The van der Waals surface area contributed by atoms with Crippen molar-refractivity contribution in [1.82, 2.24) is 9.97 Å². The minimum Gasteiger partial charge on any atom is -0.478 e. The van der Waals surface area contributed by atoms with Crippen molar-refractivity contribution in [2.75, 3.05) is 0 Å². The van der Waals surface area contributed by atoms with Crippen LogP contribution in [0.3, 0.4) is 0 Å². The molecule has 3 N–H and O–H groups in total. The minimum absolute atomic E-state index is 0.0162. The molecule has 0 saturated heterocycles. The van der Waals surface area contributed by atoms with Crippen LogP contribution < -0.4 is 11.2 Å². The molecule has 90 valence electrons. The van der Waals surface area contributed by atoms with E-state index in [1.54, 1.807) is 0 Å². The van der Waals surface area contributed by atoms with Gasteiger partial charge in [0.1, 0.15) is 4.83 Å². The van der Waals surface area contributed by atoms with E-state index in [0.717, 1.165) is 11.3 Å². The summed E-state index contributed by atoms with van der Waals surface area (Å²) in [5.41, 5.74) is -1.31.